The Bertz CT molecular complexity index is 1200. The standard InChI is InChI=1S/C25H26N4O4/c1-16-24(17(2)29(27-16)14-18-6-4-3-5-7-18)26-25(31)20-9-11-23(30)28(20)13-19-8-10-21-22(12-19)33-15-32-21/h3-8,10,12,20H,9,11,13-15H2,1-2H3,(H,26,31). The predicted octanol–water partition coefficient (Wildman–Crippen LogP) is 3.41. The molecule has 0 radical (unpaired) electrons. The monoisotopic (exact) mass is 446 g/mol. The van der Waals surface area contributed by atoms with Crippen LogP contribution >= 0.6 is 0 Å². The van der Waals surface area contributed by atoms with Crippen LogP contribution in [0.25, 0.3) is 0 Å². The average Bonchev–Trinajstić information content (AvgIpc) is 3.49. The van der Waals surface area contributed by atoms with Crippen molar-refractivity contribution in [3.8, 4) is 11.5 Å². The van der Waals surface area contributed by atoms with E-state index in [-0.39, 0.29) is 18.6 Å². The van der Waals surface area contributed by atoms with Crippen LogP contribution in [0.5, 0.6) is 11.5 Å². The summed E-state index contributed by atoms with van der Waals surface area (Å²) in [5.74, 6) is 1.14. The molecule has 2 amide bonds. The summed E-state index contributed by atoms with van der Waals surface area (Å²) in [5.41, 5.74) is 4.38. The van der Waals surface area contributed by atoms with Crippen molar-refractivity contribution in [2.24, 2.45) is 0 Å². The number of aryl methyl sites for hydroxylation is 1. The number of ether oxygens (including phenoxy) is 2. The van der Waals surface area contributed by atoms with E-state index < -0.39 is 6.04 Å². The fourth-order valence-electron chi connectivity index (χ4n) is 4.44. The molecule has 2 aliphatic rings. The zero-order valence-corrected chi connectivity index (χ0v) is 18.7. The topological polar surface area (TPSA) is 85.7 Å². The maximum absolute atomic E-state index is 13.2. The number of hydrogen-bond donors (Lipinski definition) is 1. The van der Waals surface area contributed by atoms with E-state index in [1.54, 1.807) is 4.90 Å². The minimum Gasteiger partial charge on any atom is -0.454 e. The Morgan fingerprint density at radius 1 is 1.06 bits per heavy atom. The molecule has 3 heterocycles. The van der Waals surface area contributed by atoms with Crippen molar-refractivity contribution in [1.29, 1.82) is 0 Å². The lowest BCUT2D eigenvalue weighted by atomic mass is 10.1. The molecule has 0 bridgehead atoms. The molecule has 0 saturated carbocycles. The van der Waals surface area contributed by atoms with Gasteiger partial charge in [-0.25, -0.2) is 0 Å². The summed E-state index contributed by atoms with van der Waals surface area (Å²) in [5, 5.41) is 7.66. The number of rotatable bonds is 6. The van der Waals surface area contributed by atoms with Gasteiger partial charge >= 0.3 is 0 Å². The number of likely N-dealkylation sites (tertiary alicyclic amines) is 1. The summed E-state index contributed by atoms with van der Waals surface area (Å²) in [6.45, 7) is 5.00. The van der Waals surface area contributed by atoms with E-state index in [1.165, 1.54) is 0 Å². The number of hydrogen-bond acceptors (Lipinski definition) is 5. The summed E-state index contributed by atoms with van der Waals surface area (Å²) >= 11 is 0. The van der Waals surface area contributed by atoms with Gasteiger partial charge in [0, 0.05) is 13.0 Å². The lowest BCUT2D eigenvalue weighted by Gasteiger charge is -2.24. The SMILES string of the molecule is Cc1nn(Cc2ccccc2)c(C)c1NC(=O)C1CCC(=O)N1Cc1ccc2c(c1)OCO2. The third-order valence-corrected chi connectivity index (χ3v) is 6.23. The number of nitrogens with zero attached hydrogens (tertiary/aromatic N) is 3. The molecule has 1 unspecified atom stereocenters. The highest BCUT2D eigenvalue weighted by molar-refractivity contribution is 5.99. The lowest BCUT2D eigenvalue weighted by Crippen LogP contribution is -2.41. The number of aromatic nitrogens is 2. The van der Waals surface area contributed by atoms with Gasteiger partial charge in [-0.1, -0.05) is 36.4 Å². The second kappa shape index (κ2) is 8.61. The quantitative estimate of drug-likeness (QED) is 0.627. The molecular formula is C25H26N4O4. The van der Waals surface area contributed by atoms with Gasteiger partial charge in [-0.15, -0.1) is 0 Å². The molecule has 1 aromatic heterocycles. The first kappa shape index (κ1) is 21.1. The van der Waals surface area contributed by atoms with Crippen LogP contribution in [0.4, 0.5) is 5.69 Å². The van der Waals surface area contributed by atoms with Gasteiger partial charge in [0.2, 0.25) is 18.6 Å². The zero-order valence-electron chi connectivity index (χ0n) is 18.7. The van der Waals surface area contributed by atoms with Crippen LogP contribution < -0.4 is 14.8 Å². The normalized spacial score (nSPS) is 17.0. The van der Waals surface area contributed by atoms with Crippen molar-refractivity contribution in [1.82, 2.24) is 14.7 Å². The maximum atomic E-state index is 13.2. The molecule has 1 N–H and O–H groups in total. The number of carbonyl (C=O) groups is 2. The zero-order chi connectivity index (χ0) is 22.9. The summed E-state index contributed by atoms with van der Waals surface area (Å²) in [6.07, 6.45) is 0.847. The van der Waals surface area contributed by atoms with Crippen LogP contribution in [0.2, 0.25) is 0 Å². The van der Waals surface area contributed by atoms with Crippen LogP contribution in [0, 0.1) is 13.8 Å². The number of fused-ring (bicyclic) bond motifs is 1. The minimum absolute atomic E-state index is 0.0268. The minimum atomic E-state index is -0.529. The van der Waals surface area contributed by atoms with Crippen LogP contribution in [0.3, 0.4) is 0 Å². The molecule has 0 aliphatic carbocycles. The van der Waals surface area contributed by atoms with Crippen LogP contribution in [-0.4, -0.2) is 39.3 Å². The number of anilines is 1. The molecule has 8 nitrogen and oxygen atoms in total. The first-order valence-corrected chi connectivity index (χ1v) is 11.1. The first-order chi connectivity index (χ1) is 16.0. The van der Waals surface area contributed by atoms with Gasteiger partial charge in [-0.05, 0) is 43.5 Å². The van der Waals surface area contributed by atoms with Crippen molar-refractivity contribution >= 4 is 17.5 Å². The average molecular weight is 447 g/mol. The van der Waals surface area contributed by atoms with E-state index >= 15 is 0 Å². The second-order valence-corrected chi connectivity index (χ2v) is 8.44. The Labute approximate surface area is 192 Å². The van der Waals surface area contributed by atoms with E-state index in [1.807, 2.05) is 67.1 Å². The van der Waals surface area contributed by atoms with Crippen molar-refractivity contribution in [2.45, 2.75) is 45.8 Å². The fourth-order valence-corrected chi connectivity index (χ4v) is 4.44. The summed E-state index contributed by atoms with van der Waals surface area (Å²) < 4.78 is 12.7. The van der Waals surface area contributed by atoms with Crippen molar-refractivity contribution in [2.75, 3.05) is 12.1 Å². The van der Waals surface area contributed by atoms with E-state index in [0.717, 1.165) is 22.5 Å². The van der Waals surface area contributed by atoms with Gasteiger partial charge in [0.25, 0.3) is 0 Å². The number of nitrogens with one attached hydrogen (secondary N) is 1. The van der Waals surface area contributed by atoms with Gasteiger partial charge < -0.3 is 19.7 Å². The number of carbonyl (C=O) groups excluding carboxylic acids is 2. The van der Waals surface area contributed by atoms with E-state index in [4.69, 9.17) is 9.47 Å². The number of amides is 2. The fraction of sp³-hybridized carbons (Fsp3) is 0.320. The highest BCUT2D eigenvalue weighted by atomic mass is 16.7. The smallest absolute Gasteiger partial charge is 0.247 e. The van der Waals surface area contributed by atoms with E-state index in [9.17, 15) is 9.59 Å². The van der Waals surface area contributed by atoms with E-state index in [2.05, 4.69) is 10.4 Å². The highest BCUT2D eigenvalue weighted by Crippen LogP contribution is 2.34. The Morgan fingerprint density at radius 3 is 2.67 bits per heavy atom. The third kappa shape index (κ3) is 4.16. The molecule has 3 aromatic rings. The van der Waals surface area contributed by atoms with Crippen LogP contribution in [-0.2, 0) is 22.7 Å². The largest absolute Gasteiger partial charge is 0.454 e. The predicted molar refractivity (Wildman–Crippen MR) is 122 cm³/mol. The van der Waals surface area contributed by atoms with Gasteiger partial charge in [-0.3, -0.25) is 14.3 Å². The molecule has 170 valence electrons. The molecule has 2 aliphatic heterocycles. The first-order valence-electron chi connectivity index (χ1n) is 11.1. The van der Waals surface area contributed by atoms with Crippen LogP contribution in [0.15, 0.2) is 48.5 Å². The molecule has 5 rings (SSSR count). The molecule has 33 heavy (non-hydrogen) atoms. The highest BCUT2D eigenvalue weighted by Gasteiger charge is 2.36. The summed E-state index contributed by atoms with van der Waals surface area (Å²) in [4.78, 5) is 27.5. The summed E-state index contributed by atoms with van der Waals surface area (Å²) in [6, 6.07) is 15.1. The Hall–Kier alpha value is -3.81. The summed E-state index contributed by atoms with van der Waals surface area (Å²) in [7, 11) is 0. The van der Waals surface area contributed by atoms with Crippen molar-refractivity contribution in [3.05, 3.63) is 71.0 Å². The van der Waals surface area contributed by atoms with Crippen LogP contribution in [0.1, 0.15) is 35.4 Å². The van der Waals surface area contributed by atoms with Gasteiger partial charge in [-0.2, -0.15) is 5.10 Å². The molecule has 0 spiro atoms. The van der Waals surface area contributed by atoms with Crippen molar-refractivity contribution in [3.63, 3.8) is 0 Å². The molecular weight excluding hydrogens is 420 g/mol. The third-order valence-electron chi connectivity index (χ3n) is 6.23. The molecule has 1 fully saturated rings. The Kier molecular flexibility index (Phi) is 5.50. The Morgan fingerprint density at radius 2 is 1.85 bits per heavy atom. The van der Waals surface area contributed by atoms with Gasteiger partial charge in [0.05, 0.1) is 23.6 Å². The molecule has 2 aromatic carbocycles. The molecule has 1 saturated heterocycles. The number of benzene rings is 2. The second-order valence-electron chi connectivity index (χ2n) is 8.44. The van der Waals surface area contributed by atoms with Gasteiger partial charge in [0.1, 0.15) is 6.04 Å². The Balaban J connectivity index is 1.31. The molecule has 1 atom stereocenters. The van der Waals surface area contributed by atoms with Gasteiger partial charge in [0.15, 0.2) is 11.5 Å². The molecule has 8 heteroatoms. The lowest BCUT2D eigenvalue weighted by molar-refractivity contribution is -0.133. The maximum Gasteiger partial charge on any atom is 0.247 e. The van der Waals surface area contributed by atoms with E-state index in [0.29, 0.717) is 43.1 Å². The van der Waals surface area contributed by atoms with Crippen molar-refractivity contribution < 1.29 is 19.1 Å².